The van der Waals surface area contributed by atoms with Crippen molar-refractivity contribution in [1.29, 1.82) is 5.26 Å². The lowest BCUT2D eigenvalue weighted by atomic mass is 10.0. The van der Waals surface area contributed by atoms with Gasteiger partial charge in [0.15, 0.2) is 0 Å². The number of benzene rings is 1. The second-order valence-electron chi connectivity index (χ2n) is 6.09. The van der Waals surface area contributed by atoms with Crippen molar-refractivity contribution in [3.8, 4) is 45.7 Å². The van der Waals surface area contributed by atoms with E-state index < -0.39 is 0 Å². The molecule has 0 fully saturated rings. The highest BCUT2D eigenvalue weighted by Crippen LogP contribution is 2.29. The van der Waals surface area contributed by atoms with Gasteiger partial charge in [-0.2, -0.15) is 5.26 Å². The Hall–Kier alpha value is -4.04. The summed E-state index contributed by atoms with van der Waals surface area (Å²) in [5.74, 6) is 0.798. The molecule has 0 amide bonds. The SMILES string of the molecule is COc1ccc(-c2cc(-c3ccccn3)nc(-c3cccc(C#N)n3)c2)cc1. The fourth-order valence-corrected chi connectivity index (χ4v) is 2.90. The standard InChI is InChI=1S/C23H16N4O/c1-28-19-10-8-16(9-11-19)17-13-22(20-6-2-3-12-25-20)27-23(14-17)21-7-4-5-18(15-24)26-21/h2-14H,1H3. The number of nitrogens with zero attached hydrogens (tertiary/aromatic N) is 4. The predicted octanol–water partition coefficient (Wildman–Crippen LogP) is 4.75. The molecule has 0 spiro atoms. The lowest BCUT2D eigenvalue weighted by molar-refractivity contribution is 0.415. The molecule has 0 aliphatic heterocycles. The van der Waals surface area contributed by atoms with Crippen LogP contribution in [0.25, 0.3) is 33.9 Å². The molecule has 0 aliphatic carbocycles. The van der Waals surface area contributed by atoms with E-state index >= 15 is 0 Å². The summed E-state index contributed by atoms with van der Waals surface area (Å²) in [6.45, 7) is 0. The summed E-state index contributed by atoms with van der Waals surface area (Å²) in [5, 5.41) is 9.17. The largest absolute Gasteiger partial charge is 0.497 e. The van der Waals surface area contributed by atoms with E-state index in [1.54, 1.807) is 19.4 Å². The Bertz CT molecular complexity index is 1150. The fraction of sp³-hybridized carbons (Fsp3) is 0.0435. The molecule has 28 heavy (non-hydrogen) atoms. The molecule has 0 atom stereocenters. The number of pyridine rings is 3. The minimum atomic E-state index is 0.355. The van der Waals surface area contributed by atoms with Gasteiger partial charge in [0.1, 0.15) is 17.5 Å². The number of hydrogen-bond donors (Lipinski definition) is 0. The van der Waals surface area contributed by atoms with Crippen LogP contribution in [0.15, 0.2) is 79.0 Å². The highest BCUT2D eigenvalue weighted by atomic mass is 16.5. The number of methoxy groups -OCH3 is 1. The second-order valence-corrected chi connectivity index (χ2v) is 6.09. The molecule has 5 nitrogen and oxygen atoms in total. The van der Waals surface area contributed by atoms with Crippen LogP contribution in [0.5, 0.6) is 5.75 Å². The third kappa shape index (κ3) is 3.57. The molecule has 134 valence electrons. The second kappa shape index (κ2) is 7.68. The number of rotatable bonds is 4. The van der Waals surface area contributed by atoms with Crippen LogP contribution in [0.1, 0.15) is 5.69 Å². The highest BCUT2D eigenvalue weighted by Gasteiger charge is 2.11. The van der Waals surface area contributed by atoms with Crippen LogP contribution < -0.4 is 4.74 Å². The van der Waals surface area contributed by atoms with Crippen LogP contribution in [0.4, 0.5) is 0 Å². The topological polar surface area (TPSA) is 71.7 Å². The van der Waals surface area contributed by atoms with E-state index in [4.69, 9.17) is 15.0 Å². The summed E-state index contributed by atoms with van der Waals surface area (Å²) < 4.78 is 5.25. The quantitative estimate of drug-likeness (QED) is 0.522. The Kier molecular flexibility index (Phi) is 4.77. The first-order chi connectivity index (χ1) is 13.8. The number of nitriles is 1. The summed E-state index contributed by atoms with van der Waals surface area (Å²) >= 11 is 0. The lowest BCUT2D eigenvalue weighted by Gasteiger charge is -2.10. The van der Waals surface area contributed by atoms with Gasteiger partial charge in [0.2, 0.25) is 0 Å². The van der Waals surface area contributed by atoms with E-state index in [1.807, 2.05) is 66.7 Å². The van der Waals surface area contributed by atoms with Crippen molar-refractivity contribution in [3.63, 3.8) is 0 Å². The summed E-state index contributed by atoms with van der Waals surface area (Å²) in [6.07, 6.45) is 1.74. The molecule has 0 radical (unpaired) electrons. The van der Waals surface area contributed by atoms with Gasteiger partial charge in [0, 0.05) is 6.20 Å². The molecule has 0 N–H and O–H groups in total. The average Bonchev–Trinajstić information content (AvgIpc) is 2.79. The molecule has 3 heterocycles. The Morgan fingerprint density at radius 3 is 2.18 bits per heavy atom. The van der Waals surface area contributed by atoms with Crippen LogP contribution >= 0.6 is 0 Å². The average molecular weight is 364 g/mol. The first-order valence-electron chi connectivity index (χ1n) is 8.72. The summed E-state index contributed by atoms with van der Waals surface area (Å²) in [5.41, 5.74) is 5.21. The molecule has 4 rings (SSSR count). The minimum absolute atomic E-state index is 0.355. The smallest absolute Gasteiger partial charge is 0.141 e. The van der Waals surface area contributed by atoms with Crippen molar-refractivity contribution >= 4 is 0 Å². The summed E-state index contributed by atoms with van der Waals surface area (Å²) in [4.78, 5) is 13.6. The van der Waals surface area contributed by atoms with Gasteiger partial charge in [0.25, 0.3) is 0 Å². The van der Waals surface area contributed by atoms with E-state index in [2.05, 4.69) is 16.0 Å². The van der Waals surface area contributed by atoms with Crippen LogP contribution in [0.2, 0.25) is 0 Å². The summed E-state index contributed by atoms with van der Waals surface area (Å²) in [6, 6.07) is 24.9. The van der Waals surface area contributed by atoms with Gasteiger partial charge in [-0.1, -0.05) is 24.3 Å². The maximum absolute atomic E-state index is 9.17. The zero-order chi connectivity index (χ0) is 19.3. The summed E-state index contributed by atoms with van der Waals surface area (Å²) in [7, 11) is 1.65. The maximum atomic E-state index is 9.17. The van der Waals surface area contributed by atoms with Gasteiger partial charge in [-0.15, -0.1) is 0 Å². The molecule has 0 saturated carbocycles. The van der Waals surface area contributed by atoms with E-state index in [0.717, 1.165) is 28.3 Å². The van der Waals surface area contributed by atoms with E-state index in [9.17, 15) is 0 Å². The Morgan fingerprint density at radius 1 is 0.750 bits per heavy atom. The van der Waals surface area contributed by atoms with Gasteiger partial charge in [-0.3, -0.25) is 4.98 Å². The van der Waals surface area contributed by atoms with Crippen LogP contribution in [-0.4, -0.2) is 22.1 Å². The van der Waals surface area contributed by atoms with E-state index in [0.29, 0.717) is 17.1 Å². The molecule has 4 aromatic rings. The number of ether oxygens (including phenoxy) is 1. The Balaban J connectivity index is 1.89. The molecule has 0 unspecified atom stereocenters. The molecule has 0 saturated heterocycles. The van der Waals surface area contributed by atoms with Crippen molar-refractivity contribution < 1.29 is 4.74 Å². The van der Waals surface area contributed by atoms with Crippen molar-refractivity contribution in [2.45, 2.75) is 0 Å². The molecule has 1 aromatic carbocycles. The van der Waals surface area contributed by atoms with Crippen molar-refractivity contribution in [2.75, 3.05) is 7.11 Å². The normalized spacial score (nSPS) is 10.3. The van der Waals surface area contributed by atoms with Gasteiger partial charge < -0.3 is 4.74 Å². The van der Waals surface area contributed by atoms with Gasteiger partial charge in [-0.25, -0.2) is 9.97 Å². The lowest BCUT2D eigenvalue weighted by Crippen LogP contribution is -1.95. The molecule has 0 aliphatic rings. The monoisotopic (exact) mass is 364 g/mol. The van der Waals surface area contributed by atoms with Crippen LogP contribution in [0, 0.1) is 11.3 Å². The fourth-order valence-electron chi connectivity index (χ4n) is 2.90. The highest BCUT2D eigenvalue weighted by molar-refractivity contribution is 5.75. The third-order valence-corrected chi connectivity index (χ3v) is 4.30. The molecular weight excluding hydrogens is 348 g/mol. The predicted molar refractivity (Wildman–Crippen MR) is 107 cm³/mol. The van der Waals surface area contributed by atoms with Crippen LogP contribution in [-0.2, 0) is 0 Å². The van der Waals surface area contributed by atoms with Crippen molar-refractivity contribution in [2.24, 2.45) is 0 Å². The first-order valence-corrected chi connectivity index (χ1v) is 8.72. The zero-order valence-electron chi connectivity index (χ0n) is 15.2. The van der Waals surface area contributed by atoms with Gasteiger partial charge in [0.05, 0.1) is 29.9 Å². The Morgan fingerprint density at radius 2 is 1.50 bits per heavy atom. The van der Waals surface area contributed by atoms with Gasteiger partial charge in [-0.05, 0) is 59.7 Å². The zero-order valence-corrected chi connectivity index (χ0v) is 15.2. The van der Waals surface area contributed by atoms with Crippen molar-refractivity contribution in [3.05, 3.63) is 84.7 Å². The Labute approximate surface area is 162 Å². The molecule has 5 heteroatoms. The maximum Gasteiger partial charge on any atom is 0.141 e. The third-order valence-electron chi connectivity index (χ3n) is 4.30. The number of aromatic nitrogens is 3. The molecular formula is C23H16N4O. The van der Waals surface area contributed by atoms with Crippen molar-refractivity contribution in [1.82, 2.24) is 15.0 Å². The number of hydrogen-bond acceptors (Lipinski definition) is 5. The van der Waals surface area contributed by atoms with E-state index in [1.165, 1.54) is 0 Å². The van der Waals surface area contributed by atoms with Crippen LogP contribution in [0.3, 0.4) is 0 Å². The van der Waals surface area contributed by atoms with E-state index in [-0.39, 0.29) is 0 Å². The first kappa shape index (κ1) is 17.4. The minimum Gasteiger partial charge on any atom is -0.497 e. The molecule has 3 aromatic heterocycles. The molecule has 0 bridgehead atoms. The van der Waals surface area contributed by atoms with Gasteiger partial charge >= 0.3 is 0 Å².